The van der Waals surface area contributed by atoms with Crippen LogP contribution in [0.25, 0.3) is 23.1 Å². The van der Waals surface area contributed by atoms with Gasteiger partial charge < -0.3 is 9.64 Å². The number of nitrogens with zero attached hydrogens (tertiary/aromatic N) is 2. The van der Waals surface area contributed by atoms with Gasteiger partial charge in [0.2, 0.25) is 0 Å². The van der Waals surface area contributed by atoms with Crippen molar-refractivity contribution in [1.29, 1.82) is 0 Å². The van der Waals surface area contributed by atoms with E-state index in [1.54, 1.807) is 14.1 Å². The third kappa shape index (κ3) is 3.63. The Hall–Kier alpha value is -3.08. The minimum absolute atomic E-state index is 0.0431. The van der Waals surface area contributed by atoms with Gasteiger partial charge in [0.1, 0.15) is 5.75 Å². The van der Waals surface area contributed by atoms with E-state index >= 15 is 0 Å². The van der Waals surface area contributed by atoms with E-state index < -0.39 is 0 Å². The van der Waals surface area contributed by atoms with Crippen molar-refractivity contribution in [2.75, 3.05) is 20.7 Å². The lowest BCUT2D eigenvalue weighted by Crippen LogP contribution is -2.27. The summed E-state index contributed by atoms with van der Waals surface area (Å²) in [5.41, 5.74) is 2.96. The van der Waals surface area contributed by atoms with Crippen LogP contribution >= 0.6 is 0 Å². The van der Waals surface area contributed by atoms with Gasteiger partial charge in [0.05, 0.1) is 11.2 Å². The number of H-pyrrole nitrogens is 1. The summed E-state index contributed by atoms with van der Waals surface area (Å²) in [7, 11) is 3.41. The lowest BCUT2D eigenvalue weighted by Gasteiger charge is -2.11. The van der Waals surface area contributed by atoms with Crippen molar-refractivity contribution in [1.82, 2.24) is 15.1 Å². The Kier molecular flexibility index (Phi) is 4.61. The van der Waals surface area contributed by atoms with E-state index in [0.717, 1.165) is 22.2 Å². The number of fused-ring (bicyclic) bond motifs is 1. The molecule has 3 rings (SSSR count). The van der Waals surface area contributed by atoms with Gasteiger partial charge in [0, 0.05) is 19.5 Å². The molecule has 0 aliphatic carbocycles. The quantitative estimate of drug-likeness (QED) is 0.785. The highest BCUT2D eigenvalue weighted by Gasteiger charge is 2.04. The molecule has 0 saturated carbocycles. The van der Waals surface area contributed by atoms with Crippen molar-refractivity contribution in [3.05, 3.63) is 59.8 Å². The second-order valence-corrected chi connectivity index (χ2v) is 5.63. The van der Waals surface area contributed by atoms with Gasteiger partial charge in [-0.15, -0.1) is 0 Å². The third-order valence-electron chi connectivity index (χ3n) is 3.67. The van der Waals surface area contributed by atoms with Crippen molar-refractivity contribution in [3.8, 4) is 5.75 Å². The van der Waals surface area contributed by atoms with Gasteiger partial charge in [0.15, 0.2) is 6.61 Å². The Bertz CT molecular complexity index is 864. The molecule has 0 aliphatic heterocycles. The molecule has 1 amide bonds. The molecule has 0 bridgehead atoms. The number of carbonyl (C=O) groups excluding carboxylic acids is 1. The lowest BCUT2D eigenvalue weighted by molar-refractivity contribution is -0.130. The molecule has 0 radical (unpaired) electrons. The molecule has 5 nitrogen and oxygen atoms in total. The molecule has 0 atom stereocenters. The minimum Gasteiger partial charge on any atom is -0.484 e. The van der Waals surface area contributed by atoms with Gasteiger partial charge in [0.25, 0.3) is 5.91 Å². The zero-order chi connectivity index (χ0) is 16.9. The second-order valence-electron chi connectivity index (χ2n) is 5.63. The van der Waals surface area contributed by atoms with Crippen LogP contribution < -0.4 is 4.74 Å². The van der Waals surface area contributed by atoms with Gasteiger partial charge >= 0.3 is 0 Å². The van der Waals surface area contributed by atoms with Gasteiger partial charge in [-0.3, -0.25) is 9.89 Å². The van der Waals surface area contributed by atoms with Crippen molar-refractivity contribution in [3.63, 3.8) is 0 Å². The number of aromatic nitrogens is 2. The maximum Gasteiger partial charge on any atom is 0.259 e. The SMILES string of the molecule is CN(C)C(=O)COc1ccc(/C=C/c2n[nH]c3ccccc23)cc1. The summed E-state index contributed by atoms with van der Waals surface area (Å²) in [6.07, 6.45) is 3.97. The van der Waals surface area contributed by atoms with Crippen LogP contribution in [-0.4, -0.2) is 41.7 Å². The number of hydrogen-bond donors (Lipinski definition) is 1. The molecular formula is C19H19N3O2. The predicted molar refractivity (Wildman–Crippen MR) is 95.7 cm³/mol. The molecule has 1 N–H and O–H groups in total. The summed E-state index contributed by atoms with van der Waals surface area (Å²) in [5.74, 6) is 0.608. The van der Waals surface area contributed by atoms with Crippen LogP contribution in [-0.2, 0) is 4.79 Å². The number of aromatic amines is 1. The number of ether oxygens (including phenoxy) is 1. The highest BCUT2D eigenvalue weighted by molar-refractivity contribution is 5.89. The predicted octanol–water partition coefficient (Wildman–Crippen LogP) is 3.20. The van der Waals surface area contributed by atoms with Crippen molar-refractivity contribution in [2.24, 2.45) is 0 Å². The number of nitrogens with one attached hydrogen (secondary N) is 1. The van der Waals surface area contributed by atoms with Crippen molar-refractivity contribution >= 4 is 29.0 Å². The highest BCUT2D eigenvalue weighted by Crippen LogP contribution is 2.18. The van der Waals surface area contributed by atoms with Gasteiger partial charge in [-0.05, 0) is 29.8 Å². The normalized spacial score (nSPS) is 11.1. The zero-order valence-electron chi connectivity index (χ0n) is 13.7. The van der Waals surface area contributed by atoms with Crippen LogP contribution in [0, 0.1) is 0 Å². The molecule has 3 aromatic rings. The Morgan fingerprint density at radius 3 is 2.62 bits per heavy atom. The largest absolute Gasteiger partial charge is 0.484 e. The summed E-state index contributed by atoms with van der Waals surface area (Å²) in [5, 5.41) is 8.42. The Morgan fingerprint density at radius 1 is 1.12 bits per heavy atom. The van der Waals surface area contributed by atoms with Gasteiger partial charge in [-0.25, -0.2) is 0 Å². The smallest absolute Gasteiger partial charge is 0.259 e. The first-order valence-corrected chi connectivity index (χ1v) is 7.68. The number of amides is 1. The van der Waals surface area contributed by atoms with E-state index in [2.05, 4.69) is 10.2 Å². The van der Waals surface area contributed by atoms with E-state index in [1.165, 1.54) is 4.90 Å². The number of carbonyl (C=O) groups is 1. The van der Waals surface area contributed by atoms with Gasteiger partial charge in [-0.1, -0.05) is 36.4 Å². The first-order valence-electron chi connectivity index (χ1n) is 7.68. The first kappa shape index (κ1) is 15.8. The fourth-order valence-corrected chi connectivity index (χ4v) is 2.24. The monoisotopic (exact) mass is 321 g/mol. The van der Waals surface area contributed by atoms with E-state index in [4.69, 9.17) is 4.74 Å². The number of rotatable bonds is 5. The van der Waals surface area contributed by atoms with Crippen LogP contribution in [0.4, 0.5) is 0 Å². The number of para-hydroxylation sites is 1. The standard InChI is InChI=1S/C19H19N3O2/c1-22(2)19(23)13-24-15-10-7-14(8-11-15)9-12-18-16-5-3-4-6-17(16)20-21-18/h3-12H,13H2,1-2H3,(H,20,21)/b12-9+. The lowest BCUT2D eigenvalue weighted by atomic mass is 10.1. The number of likely N-dealkylation sites (N-methyl/N-ethyl adjacent to an activating group) is 1. The zero-order valence-corrected chi connectivity index (χ0v) is 13.7. The summed E-state index contributed by atoms with van der Waals surface area (Å²) < 4.78 is 5.46. The third-order valence-corrected chi connectivity index (χ3v) is 3.67. The Labute approximate surface area is 140 Å². The molecule has 1 heterocycles. The van der Waals surface area contributed by atoms with Crippen LogP contribution in [0.3, 0.4) is 0 Å². The number of benzene rings is 2. The molecule has 24 heavy (non-hydrogen) atoms. The maximum absolute atomic E-state index is 11.5. The summed E-state index contributed by atoms with van der Waals surface area (Å²) >= 11 is 0. The minimum atomic E-state index is -0.0654. The molecule has 0 aliphatic rings. The van der Waals surface area contributed by atoms with Crippen LogP contribution in [0.2, 0.25) is 0 Å². The second kappa shape index (κ2) is 7.00. The molecule has 122 valence electrons. The fraction of sp³-hybridized carbons (Fsp3) is 0.158. The van der Waals surface area contributed by atoms with Crippen molar-refractivity contribution in [2.45, 2.75) is 0 Å². The van der Waals surface area contributed by atoms with E-state index in [1.807, 2.05) is 60.7 Å². The van der Waals surface area contributed by atoms with Crippen molar-refractivity contribution < 1.29 is 9.53 Å². The topological polar surface area (TPSA) is 58.2 Å². The molecular weight excluding hydrogens is 302 g/mol. The Balaban J connectivity index is 1.66. The summed E-state index contributed by atoms with van der Waals surface area (Å²) in [6.45, 7) is 0.0431. The van der Waals surface area contributed by atoms with E-state index in [9.17, 15) is 4.79 Å². The van der Waals surface area contributed by atoms with E-state index in [-0.39, 0.29) is 12.5 Å². The summed E-state index contributed by atoms with van der Waals surface area (Å²) in [6, 6.07) is 15.6. The van der Waals surface area contributed by atoms with Crippen LogP contribution in [0.5, 0.6) is 5.75 Å². The fourth-order valence-electron chi connectivity index (χ4n) is 2.24. The molecule has 0 fully saturated rings. The number of hydrogen-bond acceptors (Lipinski definition) is 3. The molecule has 0 saturated heterocycles. The average molecular weight is 321 g/mol. The maximum atomic E-state index is 11.5. The molecule has 5 heteroatoms. The average Bonchev–Trinajstić information content (AvgIpc) is 3.02. The van der Waals surface area contributed by atoms with Gasteiger partial charge in [-0.2, -0.15) is 5.10 Å². The first-order chi connectivity index (χ1) is 11.6. The molecule has 0 unspecified atom stereocenters. The van der Waals surface area contributed by atoms with E-state index in [0.29, 0.717) is 5.75 Å². The van der Waals surface area contributed by atoms with Crippen LogP contribution in [0.15, 0.2) is 48.5 Å². The summed E-state index contributed by atoms with van der Waals surface area (Å²) in [4.78, 5) is 13.0. The highest BCUT2D eigenvalue weighted by atomic mass is 16.5. The molecule has 0 spiro atoms. The Morgan fingerprint density at radius 2 is 1.88 bits per heavy atom. The van der Waals surface area contributed by atoms with Crippen LogP contribution in [0.1, 0.15) is 11.3 Å². The molecule has 2 aromatic carbocycles. The molecule has 1 aromatic heterocycles.